The quantitative estimate of drug-likeness (QED) is 0.694. The molecule has 0 radical (unpaired) electrons. The smallest absolute Gasteiger partial charge is 0.161 e. The van der Waals surface area contributed by atoms with Gasteiger partial charge in [0.1, 0.15) is 0 Å². The van der Waals surface area contributed by atoms with Crippen LogP contribution in [0.1, 0.15) is 24.5 Å². The van der Waals surface area contributed by atoms with Crippen molar-refractivity contribution in [2.24, 2.45) is 0 Å². The van der Waals surface area contributed by atoms with E-state index in [0.717, 1.165) is 37.6 Å². The maximum Gasteiger partial charge on any atom is 0.161 e. The van der Waals surface area contributed by atoms with Crippen LogP contribution in [-0.2, 0) is 13.0 Å². The molecular weight excluding hydrogens is 286 g/mol. The van der Waals surface area contributed by atoms with Crippen molar-refractivity contribution in [3.8, 4) is 11.5 Å². The first kappa shape index (κ1) is 17.4. The fourth-order valence-corrected chi connectivity index (χ4v) is 2.74. The molecule has 0 saturated carbocycles. The maximum atomic E-state index is 5.39. The molecule has 2 rings (SSSR count). The van der Waals surface area contributed by atoms with E-state index in [-0.39, 0.29) is 0 Å². The minimum atomic E-state index is 0.781. The lowest BCUT2D eigenvalue weighted by atomic mass is 10.1. The number of rotatable bonds is 9. The van der Waals surface area contributed by atoms with Gasteiger partial charge in [-0.3, -0.25) is 4.90 Å². The van der Waals surface area contributed by atoms with Crippen molar-refractivity contribution >= 4 is 0 Å². The van der Waals surface area contributed by atoms with Crippen molar-refractivity contribution in [1.29, 1.82) is 0 Å². The number of aryl methyl sites for hydroxylation is 1. The zero-order chi connectivity index (χ0) is 16.5. The van der Waals surface area contributed by atoms with Crippen molar-refractivity contribution in [2.75, 3.05) is 27.3 Å². The SMILES string of the molecule is CCN(CCCc1ccccc1)Cc1ccc(OC)c(OC)c1. The van der Waals surface area contributed by atoms with E-state index in [1.165, 1.54) is 17.5 Å². The highest BCUT2D eigenvalue weighted by molar-refractivity contribution is 5.42. The molecule has 0 aliphatic carbocycles. The van der Waals surface area contributed by atoms with Crippen LogP contribution in [0.3, 0.4) is 0 Å². The average Bonchev–Trinajstić information content (AvgIpc) is 2.61. The molecule has 0 aliphatic rings. The Hall–Kier alpha value is -2.00. The zero-order valence-corrected chi connectivity index (χ0v) is 14.4. The van der Waals surface area contributed by atoms with Crippen LogP contribution >= 0.6 is 0 Å². The van der Waals surface area contributed by atoms with E-state index in [4.69, 9.17) is 9.47 Å². The lowest BCUT2D eigenvalue weighted by Gasteiger charge is -2.21. The Morgan fingerprint density at radius 2 is 1.61 bits per heavy atom. The van der Waals surface area contributed by atoms with Crippen LogP contribution in [-0.4, -0.2) is 32.2 Å². The third kappa shape index (κ3) is 5.29. The van der Waals surface area contributed by atoms with Crippen molar-refractivity contribution in [2.45, 2.75) is 26.3 Å². The number of nitrogens with zero attached hydrogens (tertiary/aromatic N) is 1. The van der Waals surface area contributed by atoms with Crippen molar-refractivity contribution in [3.05, 3.63) is 59.7 Å². The third-order valence-electron chi connectivity index (χ3n) is 4.08. The van der Waals surface area contributed by atoms with Gasteiger partial charge in [0, 0.05) is 6.54 Å². The summed E-state index contributed by atoms with van der Waals surface area (Å²) in [5.74, 6) is 1.58. The molecule has 0 N–H and O–H groups in total. The van der Waals surface area contributed by atoms with Gasteiger partial charge >= 0.3 is 0 Å². The summed E-state index contributed by atoms with van der Waals surface area (Å²) in [5.41, 5.74) is 2.67. The number of methoxy groups -OCH3 is 2. The summed E-state index contributed by atoms with van der Waals surface area (Å²) in [7, 11) is 3.35. The molecule has 2 aromatic carbocycles. The second kappa shape index (κ2) is 9.21. The highest BCUT2D eigenvalue weighted by Gasteiger charge is 2.08. The normalized spacial score (nSPS) is 10.8. The first-order valence-corrected chi connectivity index (χ1v) is 8.24. The minimum Gasteiger partial charge on any atom is -0.493 e. The second-order valence-electron chi connectivity index (χ2n) is 5.65. The van der Waals surface area contributed by atoms with Crippen molar-refractivity contribution < 1.29 is 9.47 Å². The summed E-state index contributed by atoms with van der Waals surface area (Å²) in [5, 5.41) is 0. The standard InChI is InChI=1S/C20H27NO2/c1-4-21(14-8-11-17-9-6-5-7-10-17)16-18-12-13-19(22-2)20(15-18)23-3/h5-7,9-10,12-13,15H,4,8,11,14,16H2,1-3H3. The van der Waals surface area contributed by atoms with Crippen LogP contribution in [0.5, 0.6) is 11.5 Å². The summed E-state index contributed by atoms with van der Waals surface area (Å²) in [6.45, 7) is 5.29. The molecular formula is C20H27NO2. The van der Waals surface area contributed by atoms with Crippen LogP contribution in [0, 0.1) is 0 Å². The molecule has 0 saturated heterocycles. The Balaban J connectivity index is 1.89. The van der Waals surface area contributed by atoms with Crippen molar-refractivity contribution in [3.63, 3.8) is 0 Å². The zero-order valence-electron chi connectivity index (χ0n) is 14.4. The lowest BCUT2D eigenvalue weighted by molar-refractivity contribution is 0.275. The van der Waals surface area contributed by atoms with Gasteiger partial charge in [0.25, 0.3) is 0 Å². The molecule has 0 unspecified atom stereocenters. The number of hydrogen-bond acceptors (Lipinski definition) is 3. The molecule has 0 atom stereocenters. The van der Waals surface area contributed by atoms with E-state index in [9.17, 15) is 0 Å². The molecule has 3 nitrogen and oxygen atoms in total. The molecule has 3 heteroatoms. The summed E-state index contributed by atoms with van der Waals surface area (Å²) >= 11 is 0. The molecule has 0 bridgehead atoms. The Morgan fingerprint density at radius 3 is 2.26 bits per heavy atom. The van der Waals surface area contributed by atoms with Crippen LogP contribution in [0.4, 0.5) is 0 Å². The Morgan fingerprint density at radius 1 is 0.870 bits per heavy atom. The molecule has 0 amide bonds. The Kier molecular flexibility index (Phi) is 6.95. The maximum absolute atomic E-state index is 5.39. The van der Waals surface area contributed by atoms with Gasteiger partial charge in [-0.15, -0.1) is 0 Å². The van der Waals surface area contributed by atoms with Crippen LogP contribution in [0.15, 0.2) is 48.5 Å². The predicted octanol–water partition coefficient (Wildman–Crippen LogP) is 4.16. The summed E-state index contributed by atoms with van der Waals surface area (Å²) in [6, 6.07) is 16.8. The summed E-state index contributed by atoms with van der Waals surface area (Å²) < 4.78 is 10.7. The monoisotopic (exact) mass is 313 g/mol. The van der Waals surface area contributed by atoms with Gasteiger partial charge in [-0.25, -0.2) is 0 Å². The molecule has 0 heterocycles. The Labute approximate surface area is 139 Å². The molecule has 0 spiro atoms. The lowest BCUT2D eigenvalue weighted by Crippen LogP contribution is -2.24. The van der Waals surface area contributed by atoms with Gasteiger partial charge in [0.2, 0.25) is 0 Å². The molecule has 0 aromatic heterocycles. The molecule has 0 aliphatic heterocycles. The van der Waals surface area contributed by atoms with Crippen LogP contribution in [0.2, 0.25) is 0 Å². The van der Waals surface area contributed by atoms with E-state index in [2.05, 4.69) is 54.3 Å². The topological polar surface area (TPSA) is 21.7 Å². The van der Waals surface area contributed by atoms with E-state index in [1.807, 2.05) is 6.07 Å². The minimum absolute atomic E-state index is 0.781. The number of benzene rings is 2. The van der Waals surface area contributed by atoms with Crippen LogP contribution in [0.25, 0.3) is 0 Å². The van der Waals surface area contributed by atoms with Gasteiger partial charge in [0.15, 0.2) is 11.5 Å². The first-order chi connectivity index (χ1) is 11.3. The fraction of sp³-hybridized carbons (Fsp3) is 0.400. The van der Waals surface area contributed by atoms with Crippen molar-refractivity contribution in [1.82, 2.24) is 4.90 Å². The summed E-state index contributed by atoms with van der Waals surface area (Å²) in [4.78, 5) is 2.46. The summed E-state index contributed by atoms with van der Waals surface area (Å²) in [6.07, 6.45) is 2.30. The molecule has 0 fully saturated rings. The predicted molar refractivity (Wildman–Crippen MR) is 95.3 cm³/mol. The van der Waals surface area contributed by atoms with E-state index >= 15 is 0 Å². The van der Waals surface area contributed by atoms with Gasteiger partial charge in [-0.1, -0.05) is 43.3 Å². The average molecular weight is 313 g/mol. The largest absolute Gasteiger partial charge is 0.493 e. The third-order valence-corrected chi connectivity index (χ3v) is 4.08. The van der Waals surface area contributed by atoms with E-state index in [1.54, 1.807) is 14.2 Å². The highest BCUT2D eigenvalue weighted by Crippen LogP contribution is 2.28. The van der Waals surface area contributed by atoms with E-state index in [0.29, 0.717) is 0 Å². The molecule has 2 aromatic rings. The Bertz CT molecular complexity index is 583. The second-order valence-corrected chi connectivity index (χ2v) is 5.65. The van der Waals surface area contributed by atoms with Gasteiger partial charge in [-0.2, -0.15) is 0 Å². The van der Waals surface area contributed by atoms with Crippen LogP contribution < -0.4 is 9.47 Å². The fourth-order valence-electron chi connectivity index (χ4n) is 2.74. The van der Waals surface area contributed by atoms with Gasteiger partial charge in [-0.05, 0) is 49.2 Å². The van der Waals surface area contributed by atoms with E-state index < -0.39 is 0 Å². The highest BCUT2D eigenvalue weighted by atomic mass is 16.5. The number of hydrogen-bond donors (Lipinski definition) is 0. The number of ether oxygens (including phenoxy) is 2. The van der Waals surface area contributed by atoms with Gasteiger partial charge in [0.05, 0.1) is 14.2 Å². The first-order valence-electron chi connectivity index (χ1n) is 8.24. The van der Waals surface area contributed by atoms with Gasteiger partial charge < -0.3 is 9.47 Å². The molecule has 124 valence electrons. The molecule has 23 heavy (non-hydrogen) atoms.